The molecule has 0 bridgehead atoms. The quantitative estimate of drug-likeness (QED) is 0.725. The number of esters is 1. The highest BCUT2D eigenvalue weighted by Crippen LogP contribution is 2.16. The molecule has 0 aromatic carbocycles. The van der Waals surface area contributed by atoms with Crippen molar-refractivity contribution in [2.24, 2.45) is 5.73 Å². The number of carbonyl (C=O) groups excluding carboxylic acids is 1. The van der Waals surface area contributed by atoms with Crippen LogP contribution >= 0.6 is 0 Å². The summed E-state index contributed by atoms with van der Waals surface area (Å²) >= 11 is 0. The van der Waals surface area contributed by atoms with E-state index in [4.69, 9.17) is 10.5 Å². The number of likely N-dealkylation sites (N-methyl/N-ethyl adjacent to an activating group) is 1. The molecule has 16 heavy (non-hydrogen) atoms. The Morgan fingerprint density at radius 2 is 1.81 bits per heavy atom. The Kier molecular flexibility index (Phi) is 5.42. The van der Waals surface area contributed by atoms with Crippen molar-refractivity contribution in [3.8, 4) is 0 Å². The summed E-state index contributed by atoms with van der Waals surface area (Å²) < 4.78 is 5.27. The molecule has 0 fully saturated rings. The standard InChI is InChI=1S/C12H26N2O2/c1-7-12(5,9-13)14(6)8-10(15)16-11(2,3)4/h7-9,13H2,1-6H3. The van der Waals surface area contributed by atoms with Crippen molar-refractivity contribution in [1.29, 1.82) is 0 Å². The summed E-state index contributed by atoms with van der Waals surface area (Å²) in [5.74, 6) is -0.205. The van der Waals surface area contributed by atoms with E-state index in [2.05, 4.69) is 13.8 Å². The summed E-state index contributed by atoms with van der Waals surface area (Å²) in [4.78, 5) is 13.6. The van der Waals surface area contributed by atoms with Gasteiger partial charge in [0.25, 0.3) is 0 Å². The SMILES string of the molecule is CCC(C)(CN)N(C)CC(=O)OC(C)(C)C. The number of ether oxygens (including phenoxy) is 1. The highest BCUT2D eigenvalue weighted by atomic mass is 16.6. The van der Waals surface area contributed by atoms with Gasteiger partial charge in [-0.3, -0.25) is 9.69 Å². The average molecular weight is 230 g/mol. The fourth-order valence-corrected chi connectivity index (χ4v) is 1.33. The van der Waals surface area contributed by atoms with Crippen LogP contribution in [0.1, 0.15) is 41.0 Å². The predicted molar refractivity (Wildman–Crippen MR) is 66.2 cm³/mol. The van der Waals surface area contributed by atoms with Crippen molar-refractivity contribution in [1.82, 2.24) is 4.90 Å². The highest BCUT2D eigenvalue weighted by Gasteiger charge is 2.28. The maximum Gasteiger partial charge on any atom is 0.320 e. The van der Waals surface area contributed by atoms with E-state index in [-0.39, 0.29) is 18.1 Å². The van der Waals surface area contributed by atoms with E-state index in [0.717, 1.165) is 6.42 Å². The van der Waals surface area contributed by atoms with Crippen LogP contribution in [0, 0.1) is 0 Å². The molecule has 0 aliphatic heterocycles. The van der Waals surface area contributed by atoms with Gasteiger partial charge in [-0.1, -0.05) is 6.92 Å². The fraction of sp³-hybridized carbons (Fsp3) is 0.917. The monoisotopic (exact) mass is 230 g/mol. The first-order valence-electron chi connectivity index (χ1n) is 5.78. The molecule has 0 saturated carbocycles. The van der Waals surface area contributed by atoms with E-state index in [1.807, 2.05) is 32.7 Å². The molecule has 0 saturated heterocycles. The first-order chi connectivity index (χ1) is 7.14. The van der Waals surface area contributed by atoms with Gasteiger partial charge in [0.05, 0.1) is 6.54 Å². The predicted octanol–water partition coefficient (Wildman–Crippen LogP) is 1.39. The van der Waals surface area contributed by atoms with E-state index in [1.165, 1.54) is 0 Å². The summed E-state index contributed by atoms with van der Waals surface area (Å²) in [6, 6.07) is 0. The lowest BCUT2D eigenvalue weighted by Gasteiger charge is -2.37. The molecule has 0 rings (SSSR count). The second-order valence-electron chi connectivity index (χ2n) is 5.50. The molecular weight excluding hydrogens is 204 g/mol. The van der Waals surface area contributed by atoms with Crippen LogP contribution in [0.3, 0.4) is 0 Å². The van der Waals surface area contributed by atoms with Crippen molar-refractivity contribution >= 4 is 5.97 Å². The minimum Gasteiger partial charge on any atom is -0.459 e. The van der Waals surface area contributed by atoms with E-state index in [9.17, 15) is 4.79 Å². The van der Waals surface area contributed by atoms with Crippen LogP contribution in [0.15, 0.2) is 0 Å². The zero-order chi connectivity index (χ0) is 13.0. The van der Waals surface area contributed by atoms with Crippen LogP contribution < -0.4 is 5.73 Å². The van der Waals surface area contributed by atoms with Gasteiger partial charge in [-0.2, -0.15) is 0 Å². The molecule has 2 N–H and O–H groups in total. The largest absolute Gasteiger partial charge is 0.459 e. The normalized spacial score (nSPS) is 16.0. The van der Waals surface area contributed by atoms with Crippen LogP contribution in [0.25, 0.3) is 0 Å². The van der Waals surface area contributed by atoms with Crippen LogP contribution in [0.4, 0.5) is 0 Å². The zero-order valence-corrected chi connectivity index (χ0v) is 11.5. The average Bonchev–Trinajstić information content (AvgIpc) is 2.13. The molecule has 1 unspecified atom stereocenters. The highest BCUT2D eigenvalue weighted by molar-refractivity contribution is 5.72. The number of nitrogens with zero attached hydrogens (tertiary/aromatic N) is 1. The molecule has 0 aliphatic rings. The summed E-state index contributed by atoms with van der Waals surface area (Å²) in [6.07, 6.45) is 0.906. The first kappa shape index (κ1) is 15.4. The molecule has 0 aliphatic carbocycles. The smallest absolute Gasteiger partial charge is 0.320 e. The Labute approximate surface area is 99.1 Å². The van der Waals surface area contributed by atoms with E-state index < -0.39 is 5.60 Å². The third-order valence-corrected chi connectivity index (χ3v) is 2.91. The van der Waals surface area contributed by atoms with Gasteiger partial charge < -0.3 is 10.5 Å². The Bertz CT molecular complexity index is 230. The van der Waals surface area contributed by atoms with Crippen LogP contribution in [-0.2, 0) is 9.53 Å². The van der Waals surface area contributed by atoms with Gasteiger partial charge in [0, 0.05) is 12.1 Å². The second kappa shape index (κ2) is 5.64. The van der Waals surface area contributed by atoms with E-state index in [1.54, 1.807) is 0 Å². The lowest BCUT2D eigenvalue weighted by molar-refractivity contribution is -0.157. The van der Waals surface area contributed by atoms with Crippen molar-refractivity contribution in [2.45, 2.75) is 52.2 Å². The van der Waals surface area contributed by atoms with Crippen molar-refractivity contribution in [2.75, 3.05) is 20.1 Å². The molecule has 4 nitrogen and oxygen atoms in total. The Balaban J connectivity index is 4.34. The maximum atomic E-state index is 11.6. The summed E-state index contributed by atoms with van der Waals surface area (Å²) in [5, 5.41) is 0. The first-order valence-corrected chi connectivity index (χ1v) is 5.78. The van der Waals surface area contributed by atoms with Gasteiger partial charge in [-0.25, -0.2) is 0 Å². The lowest BCUT2D eigenvalue weighted by atomic mass is 9.97. The minimum absolute atomic E-state index is 0.142. The van der Waals surface area contributed by atoms with Gasteiger partial charge in [0.1, 0.15) is 5.60 Å². The van der Waals surface area contributed by atoms with Gasteiger partial charge in [0.2, 0.25) is 0 Å². The number of hydrogen-bond donors (Lipinski definition) is 1. The number of hydrogen-bond acceptors (Lipinski definition) is 4. The summed E-state index contributed by atoms with van der Waals surface area (Å²) in [7, 11) is 1.90. The van der Waals surface area contributed by atoms with Crippen LogP contribution in [0.2, 0.25) is 0 Å². The third-order valence-electron chi connectivity index (χ3n) is 2.91. The molecule has 0 aromatic heterocycles. The fourth-order valence-electron chi connectivity index (χ4n) is 1.33. The topological polar surface area (TPSA) is 55.6 Å². The molecule has 0 spiro atoms. The summed E-state index contributed by atoms with van der Waals surface area (Å²) in [5.41, 5.74) is 5.16. The van der Waals surface area contributed by atoms with Crippen molar-refractivity contribution in [3.63, 3.8) is 0 Å². The minimum atomic E-state index is -0.427. The molecule has 1 atom stereocenters. The lowest BCUT2D eigenvalue weighted by Crippen LogP contribution is -2.51. The zero-order valence-electron chi connectivity index (χ0n) is 11.5. The molecule has 4 heteroatoms. The maximum absolute atomic E-state index is 11.6. The van der Waals surface area contributed by atoms with Gasteiger partial charge in [-0.05, 0) is 41.2 Å². The Hall–Kier alpha value is -0.610. The van der Waals surface area contributed by atoms with Gasteiger partial charge in [-0.15, -0.1) is 0 Å². The number of nitrogens with two attached hydrogens (primary N) is 1. The van der Waals surface area contributed by atoms with Crippen LogP contribution in [-0.4, -0.2) is 42.1 Å². The van der Waals surface area contributed by atoms with Gasteiger partial charge in [0.15, 0.2) is 0 Å². The molecule has 0 amide bonds. The molecule has 0 heterocycles. The second-order valence-corrected chi connectivity index (χ2v) is 5.50. The summed E-state index contributed by atoms with van der Waals surface area (Å²) in [6.45, 7) is 10.5. The van der Waals surface area contributed by atoms with Crippen molar-refractivity contribution in [3.05, 3.63) is 0 Å². The third kappa shape index (κ3) is 4.94. The van der Waals surface area contributed by atoms with Gasteiger partial charge >= 0.3 is 5.97 Å². The number of rotatable bonds is 5. The molecule has 0 aromatic rings. The Morgan fingerprint density at radius 1 is 1.31 bits per heavy atom. The van der Waals surface area contributed by atoms with E-state index in [0.29, 0.717) is 6.54 Å². The van der Waals surface area contributed by atoms with Crippen molar-refractivity contribution < 1.29 is 9.53 Å². The number of carbonyl (C=O) groups is 1. The molecule has 0 radical (unpaired) electrons. The molecule has 96 valence electrons. The van der Waals surface area contributed by atoms with E-state index >= 15 is 0 Å². The Morgan fingerprint density at radius 3 is 2.12 bits per heavy atom. The van der Waals surface area contributed by atoms with Crippen LogP contribution in [0.5, 0.6) is 0 Å². The molecular formula is C12H26N2O2.